The van der Waals surface area contributed by atoms with E-state index in [0.29, 0.717) is 5.82 Å². The largest absolute Gasteiger partial charge is 0.306 e. The molecule has 0 bridgehead atoms. The van der Waals surface area contributed by atoms with Crippen LogP contribution in [0.1, 0.15) is 11.1 Å². The number of pyridine rings is 1. The molecule has 0 radical (unpaired) electrons. The molecule has 3 rings (SSSR count). The Bertz CT molecular complexity index is 810. The average molecular weight is 318 g/mol. The van der Waals surface area contributed by atoms with Crippen LogP contribution in [0.2, 0.25) is 0 Å². The number of amides is 1. The quantitative estimate of drug-likeness (QED) is 0.710. The van der Waals surface area contributed by atoms with Crippen molar-refractivity contribution < 1.29 is 4.79 Å². The third-order valence-electron chi connectivity index (χ3n) is 3.50. The van der Waals surface area contributed by atoms with E-state index in [2.05, 4.69) is 15.4 Å². The van der Waals surface area contributed by atoms with Gasteiger partial charge in [0, 0.05) is 37.3 Å². The summed E-state index contributed by atoms with van der Waals surface area (Å²) in [5.41, 5.74) is 2.19. The number of aryl methyl sites for hydroxylation is 2. The molecule has 0 atom stereocenters. The number of aromatic nitrogens is 3. The van der Waals surface area contributed by atoms with Crippen molar-refractivity contribution in [2.75, 3.05) is 5.32 Å². The normalized spacial score (nSPS) is 10.8. The zero-order valence-corrected chi connectivity index (χ0v) is 13.2. The van der Waals surface area contributed by atoms with Gasteiger partial charge in [0.2, 0.25) is 5.91 Å². The maximum absolute atomic E-state index is 11.9. The van der Waals surface area contributed by atoms with E-state index in [1.807, 2.05) is 53.3 Å². The van der Waals surface area contributed by atoms with Crippen LogP contribution in [0, 0.1) is 0 Å². The fourth-order valence-electron chi connectivity index (χ4n) is 2.25. The fourth-order valence-corrected chi connectivity index (χ4v) is 2.25. The van der Waals surface area contributed by atoms with Gasteiger partial charge in [0.05, 0.1) is 0 Å². The number of nitrogens with one attached hydrogen (secondary N) is 1. The second kappa shape index (κ2) is 7.87. The van der Waals surface area contributed by atoms with Crippen molar-refractivity contribution in [3.8, 4) is 0 Å². The Morgan fingerprint density at radius 3 is 2.67 bits per heavy atom. The molecule has 5 nitrogen and oxygen atoms in total. The van der Waals surface area contributed by atoms with Crippen LogP contribution in [-0.2, 0) is 17.8 Å². The van der Waals surface area contributed by atoms with Gasteiger partial charge in [0.15, 0.2) is 5.82 Å². The van der Waals surface area contributed by atoms with Crippen molar-refractivity contribution in [3.63, 3.8) is 0 Å². The predicted molar refractivity (Wildman–Crippen MR) is 94.3 cm³/mol. The summed E-state index contributed by atoms with van der Waals surface area (Å²) in [7, 11) is 0. The molecule has 120 valence electrons. The number of nitrogens with zero attached hydrogens (tertiary/aromatic N) is 3. The lowest BCUT2D eigenvalue weighted by molar-refractivity contribution is -0.111. The molecule has 1 aromatic carbocycles. The van der Waals surface area contributed by atoms with Gasteiger partial charge in [-0.25, -0.2) is 0 Å². The van der Waals surface area contributed by atoms with Gasteiger partial charge in [0.1, 0.15) is 0 Å². The van der Waals surface area contributed by atoms with E-state index in [1.54, 1.807) is 24.5 Å². The first kappa shape index (κ1) is 15.7. The molecule has 0 aliphatic carbocycles. The molecule has 0 spiro atoms. The van der Waals surface area contributed by atoms with E-state index in [9.17, 15) is 4.79 Å². The molecule has 2 heterocycles. The van der Waals surface area contributed by atoms with Crippen molar-refractivity contribution in [3.05, 3.63) is 84.3 Å². The average Bonchev–Trinajstić information content (AvgIpc) is 3.07. The number of carbonyl (C=O) groups excluding carboxylic acids is 1. The molecule has 0 aliphatic heterocycles. The van der Waals surface area contributed by atoms with Crippen LogP contribution in [0.25, 0.3) is 6.08 Å². The highest BCUT2D eigenvalue weighted by Crippen LogP contribution is 2.06. The lowest BCUT2D eigenvalue weighted by atomic mass is 10.2. The first-order valence-electron chi connectivity index (χ1n) is 7.76. The second-order valence-corrected chi connectivity index (χ2v) is 5.30. The van der Waals surface area contributed by atoms with Crippen molar-refractivity contribution in [1.29, 1.82) is 0 Å². The zero-order chi connectivity index (χ0) is 16.6. The SMILES string of the molecule is O=C(/C=C\c1ccccc1)Nc1ccn(CCc2ccncc2)n1. The Balaban J connectivity index is 1.52. The molecule has 3 aromatic rings. The van der Waals surface area contributed by atoms with E-state index in [4.69, 9.17) is 0 Å². The van der Waals surface area contributed by atoms with Gasteiger partial charge in [-0.05, 0) is 35.8 Å². The monoisotopic (exact) mass is 318 g/mol. The molecule has 5 heteroatoms. The molecule has 0 saturated carbocycles. The number of carbonyl (C=O) groups is 1. The molecule has 24 heavy (non-hydrogen) atoms. The summed E-state index contributed by atoms with van der Waals surface area (Å²) in [6.07, 6.45) is 9.57. The summed E-state index contributed by atoms with van der Waals surface area (Å²) in [4.78, 5) is 15.9. The second-order valence-electron chi connectivity index (χ2n) is 5.30. The molecule has 1 N–H and O–H groups in total. The van der Waals surface area contributed by atoms with Gasteiger partial charge < -0.3 is 5.32 Å². The molecular formula is C19H18N4O. The van der Waals surface area contributed by atoms with Crippen molar-refractivity contribution in [2.24, 2.45) is 0 Å². The Morgan fingerprint density at radius 2 is 1.88 bits per heavy atom. The maximum Gasteiger partial charge on any atom is 0.249 e. The van der Waals surface area contributed by atoms with Gasteiger partial charge in [-0.1, -0.05) is 30.3 Å². The first-order chi connectivity index (χ1) is 11.8. The van der Waals surface area contributed by atoms with Crippen LogP contribution in [0.15, 0.2) is 73.2 Å². The summed E-state index contributed by atoms with van der Waals surface area (Å²) in [5.74, 6) is 0.352. The molecule has 0 unspecified atom stereocenters. The lowest BCUT2D eigenvalue weighted by Crippen LogP contribution is -2.09. The Hall–Kier alpha value is -3.21. The van der Waals surface area contributed by atoms with Crippen LogP contribution in [0.3, 0.4) is 0 Å². The van der Waals surface area contributed by atoms with Crippen LogP contribution >= 0.6 is 0 Å². The smallest absolute Gasteiger partial charge is 0.249 e. The number of rotatable bonds is 6. The van der Waals surface area contributed by atoms with Gasteiger partial charge >= 0.3 is 0 Å². The van der Waals surface area contributed by atoms with Crippen molar-refractivity contribution >= 4 is 17.8 Å². The first-order valence-corrected chi connectivity index (χ1v) is 7.76. The minimum Gasteiger partial charge on any atom is -0.306 e. The summed E-state index contributed by atoms with van der Waals surface area (Å²) in [5, 5.41) is 7.12. The molecule has 0 fully saturated rings. The Labute approximate surface area is 140 Å². The standard InChI is InChI=1S/C19H18N4O/c24-19(7-6-16-4-2-1-3-5-16)21-18-11-15-23(22-18)14-10-17-8-12-20-13-9-17/h1-9,11-13,15H,10,14H2,(H,21,22,24)/b7-6-. The molecule has 2 aromatic heterocycles. The number of hydrogen-bond acceptors (Lipinski definition) is 3. The predicted octanol–water partition coefficient (Wildman–Crippen LogP) is 3.17. The van der Waals surface area contributed by atoms with Crippen LogP contribution in [-0.4, -0.2) is 20.7 Å². The minimum absolute atomic E-state index is 0.196. The van der Waals surface area contributed by atoms with Gasteiger partial charge in [-0.3, -0.25) is 14.5 Å². The zero-order valence-electron chi connectivity index (χ0n) is 13.2. The van der Waals surface area contributed by atoms with Crippen molar-refractivity contribution in [2.45, 2.75) is 13.0 Å². The number of benzene rings is 1. The third-order valence-corrected chi connectivity index (χ3v) is 3.50. The molecular weight excluding hydrogens is 300 g/mol. The Morgan fingerprint density at radius 1 is 1.08 bits per heavy atom. The van der Waals surface area contributed by atoms with Crippen molar-refractivity contribution in [1.82, 2.24) is 14.8 Å². The minimum atomic E-state index is -0.196. The summed E-state index contributed by atoms with van der Waals surface area (Å²) >= 11 is 0. The third kappa shape index (κ3) is 4.64. The van der Waals surface area contributed by atoms with Crippen LogP contribution in [0.5, 0.6) is 0 Å². The van der Waals surface area contributed by atoms with Crippen LogP contribution in [0.4, 0.5) is 5.82 Å². The number of hydrogen-bond donors (Lipinski definition) is 1. The van der Waals surface area contributed by atoms with E-state index >= 15 is 0 Å². The maximum atomic E-state index is 11.9. The summed E-state index contributed by atoms with van der Waals surface area (Å²) in [6, 6.07) is 15.5. The highest BCUT2D eigenvalue weighted by Gasteiger charge is 2.02. The summed E-state index contributed by atoms with van der Waals surface area (Å²) < 4.78 is 1.82. The van der Waals surface area contributed by atoms with E-state index in [1.165, 1.54) is 11.6 Å². The topological polar surface area (TPSA) is 59.8 Å². The fraction of sp³-hybridized carbons (Fsp3) is 0.105. The van der Waals surface area contributed by atoms with E-state index in [-0.39, 0.29) is 5.91 Å². The van der Waals surface area contributed by atoms with Gasteiger partial charge in [0.25, 0.3) is 0 Å². The number of anilines is 1. The Kier molecular flexibility index (Phi) is 5.14. The van der Waals surface area contributed by atoms with Crippen LogP contribution < -0.4 is 5.32 Å². The molecule has 0 saturated heterocycles. The highest BCUT2D eigenvalue weighted by molar-refractivity contribution is 6.01. The van der Waals surface area contributed by atoms with E-state index < -0.39 is 0 Å². The summed E-state index contributed by atoms with van der Waals surface area (Å²) in [6.45, 7) is 0.750. The highest BCUT2D eigenvalue weighted by atomic mass is 16.1. The molecule has 1 amide bonds. The lowest BCUT2D eigenvalue weighted by Gasteiger charge is -2.02. The molecule has 0 aliphatic rings. The van der Waals surface area contributed by atoms with Gasteiger partial charge in [-0.15, -0.1) is 0 Å². The van der Waals surface area contributed by atoms with E-state index in [0.717, 1.165) is 18.5 Å². The van der Waals surface area contributed by atoms with Gasteiger partial charge in [-0.2, -0.15) is 5.10 Å².